The molecule has 2 atom stereocenters. The fourth-order valence-electron chi connectivity index (χ4n) is 3.18. The third-order valence-corrected chi connectivity index (χ3v) is 4.77. The highest BCUT2D eigenvalue weighted by atomic mass is 16.5. The van der Waals surface area contributed by atoms with Gasteiger partial charge in [-0.25, -0.2) is 0 Å². The lowest BCUT2D eigenvalue weighted by atomic mass is 10.1. The van der Waals surface area contributed by atoms with Crippen LogP contribution < -0.4 is 15.2 Å². The van der Waals surface area contributed by atoms with Gasteiger partial charge in [0.15, 0.2) is 11.5 Å². The number of primary amides is 1. The highest BCUT2D eigenvalue weighted by molar-refractivity contribution is 5.82. The number of amides is 2. The van der Waals surface area contributed by atoms with Gasteiger partial charge in [-0.15, -0.1) is 0 Å². The monoisotopic (exact) mass is 349 g/mol. The fourth-order valence-corrected chi connectivity index (χ4v) is 3.18. The summed E-state index contributed by atoms with van der Waals surface area (Å²) in [5.41, 5.74) is 6.32. The molecule has 7 nitrogen and oxygen atoms in total. The molecule has 1 aliphatic rings. The lowest BCUT2D eigenvalue weighted by Gasteiger charge is -2.28. The van der Waals surface area contributed by atoms with Crippen LogP contribution in [0.15, 0.2) is 18.2 Å². The van der Waals surface area contributed by atoms with E-state index in [4.69, 9.17) is 15.2 Å². The zero-order valence-corrected chi connectivity index (χ0v) is 15.3. The minimum atomic E-state index is -0.291. The van der Waals surface area contributed by atoms with Crippen molar-refractivity contribution in [2.45, 2.75) is 25.9 Å². The molecular weight excluding hydrogens is 322 g/mol. The third kappa shape index (κ3) is 4.42. The molecule has 0 saturated carbocycles. The van der Waals surface area contributed by atoms with Gasteiger partial charge in [0.2, 0.25) is 11.8 Å². The quantitative estimate of drug-likeness (QED) is 0.789. The van der Waals surface area contributed by atoms with Crippen molar-refractivity contribution in [1.29, 1.82) is 0 Å². The largest absolute Gasteiger partial charge is 0.493 e. The van der Waals surface area contributed by atoms with Gasteiger partial charge >= 0.3 is 0 Å². The summed E-state index contributed by atoms with van der Waals surface area (Å²) in [6.45, 7) is 3.60. The fraction of sp³-hybridized carbons (Fsp3) is 0.556. The van der Waals surface area contributed by atoms with E-state index in [9.17, 15) is 9.59 Å². The Morgan fingerprint density at radius 2 is 2.00 bits per heavy atom. The molecular formula is C18H27N3O4. The number of ether oxygens (including phenoxy) is 2. The van der Waals surface area contributed by atoms with Crippen molar-refractivity contribution < 1.29 is 19.1 Å². The molecule has 2 amide bonds. The van der Waals surface area contributed by atoms with Gasteiger partial charge < -0.3 is 20.1 Å². The summed E-state index contributed by atoms with van der Waals surface area (Å²) >= 11 is 0. The maximum atomic E-state index is 12.7. The highest BCUT2D eigenvalue weighted by Crippen LogP contribution is 2.28. The number of benzene rings is 1. The van der Waals surface area contributed by atoms with Crippen molar-refractivity contribution >= 4 is 11.8 Å². The number of rotatable bonds is 7. The van der Waals surface area contributed by atoms with Crippen molar-refractivity contribution in [3.63, 3.8) is 0 Å². The molecule has 0 unspecified atom stereocenters. The predicted octanol–water partition coefficient (Wildman–Crippen LogP) is 0.858. The number of nitrogens with two attached hydrogens (primary N) is 1. The molecule has 1 aromatic rings. The van der Waals surface area contributed by atoms with E-state index in [-0.39, 0.29) is 23.8 Å². The van der Waals surface area contributed by atoms with Crippen LogP contribution in [-0.2, 0) is 16.1 Å². The van der Waals surface area contributed by atoms with Crippen LogP contribution in [0, 0.1) is 5.92 Å². The van der Waals surface area contributed by atoms with E-state index < -0.39 is 0 Å². The van der Waals surface area contributed by atoms with E-state index in [1.54, 1.807) is 26.2 Å². The molecule has 0 aromatic heterocycles. The van der Waals surface area contributed by atoms with Gasteiger partial charge in [0, 0.05) is 20.1 Å². The van der Waals surface area contributed by atoms with E-state index in [1.165, 1.54) is 0 Å². The third-order valence-electron chi connectivity index (χ3n) is 4.77. The van der Waals surface area contributed by atoms with Crippen LogP contribution in [0.1, 0.15) is 18.9 Å². The second-order valence-electron chi connectivity index (χ2n) is 6.44. The molecule has 7 heteroatoms. The van der Waals surface area contributed by atoms with Crippen molar-refractivity contribution in [3.05, 3.63) is 23.8 Å². The summed E-state index contributed by atoms with van der Waals surface area (Å²) < 4.78 is 10.5. The van der Waals surface area contributed by atoms with E-state index in [1.807, 2.05) is 30.0 Å². The van der Waals surface area contributed by atoms with E-state index in [0.717, 1.165) is 5.56 Å². The number of likely N-dealkylation sites (N-methyl/N-ethyl adjacent to an activating group) is 1. The first kappa shape index (κ1) is 19.1. The highest BCUT2D eigenvalue weighted by Gasteiger charge is 2.33. The molecule has 1 aliphatic heterocycles. The number of hydrogen-bond donors (Lipinski definition) is 1. The van der Waals surface area contributed by atoms with Crippen LogP contribution in [0.4, 0.5) is 0 Å². The van der Waals surface area contributed by atoms with Gasteiger partial charge in [-0.05, 0) is 37.6 Å². The van der Waals surface area contributed by atoms with Crippen LogP contribution in [-0.4, -0.2) is 62.0 Å². The van der Waals surface area contributed by atoms with Crippen LogP contribution in [0.2, 0.25) is 0 Å². The molecule has 0 radical (unpaired) electrons. The number of likely N-dealkylation sites (tertiary alicyclic amines) is 1. The van der Waals surface area contributed by atoms with Crippen molar-refractivity contribution in [2.24, 2.45) is 11.7 Å². The van der Waals surface area contributed by atoms with Crippen molar-refractivity contribution in [3.8, 4) is 11.5 Å². The minimum absolute atomic E-state index is 0.0138. The summed E-state index contributed by atoms with van der Waals surface area (Å²) in [7, 11) is 4.95. The van der Waals surface area contributed by atoms with E-state index >= 15 is 0 Å². The number of methoxy groups -OCH3 is 2. The summed E-state index contributed by atoms with van der Waals surface area (Å²) in [6.07, 6.45) is 0.715. The zero-order chi connectivity index (χ0) is 18.6. The SMILES string of the molecule is COc1ccc(CN(C)C(=O)[C@H](C)N2CC[C@H](C(N)=O)C2)cc1OC. The average molecular weight is 349 g/mol. The van der Waals surface area contributed by atoms with Gasteiger partial charge in [0.25, 0.3) is 0 Å². The lowest BCUT2D eigenvalue weighted by Crippen LogP contribution is -2.45. The van der Waals surface area contributed by atoms with Gasteiger partial charge in [0.05, 0.1) is 26.2 Å². The summed E-state index contributed by atoms with van der Waals surface area (Å²) in [4.78, 5) is 27.7. The van der Waals surface area contributed by atoms with Gasteiger partial charge in [0.1, 0.15) is 0 Å². The van der Waals surface area contributed by atoms with E-state index in [2.05, 4.69) is 0 Å². The maximum absolute atomic E-state index is 12.7. The van der Waals surface area contributed by atoms with Gasteiger partial charge in [-0.1, -0.05) is 6.07 Å². The van der Waals surface area contributed by atoms with Crippen molar-refractivity contribution in [2.75, 3.05) is 34.4 Å². The van der Waals surface area contributed by atoms with Crippen LogP contribution in [0.25, 0.3) is 0 Å². The molecule has 0 bridgehead atoms. The predicted molar refractivity (Wildman–Crippen MR) is 94.4 cm³/mol. The van der Waals surface area contributed by atoms with Crippen LogP contribution in [0.5, 0.6) is 11.5 Å². The number of nitrogens with zero attached hydrogens (tertiary/aromatic N) is 2. The molecule has 1 heterocycles. The Bertz CT molecular complexity index is 635. The Labute approximate surface area is 148 Å². The summed E-state index contributed by atoms with van der Waals surface area (Å²) in [6, 6.07) is 5.32. The molecule has 138 valence electrons. The van der Waals surface area contributed by atoms with E-state index in [0.29, 0.717) is 37.6 Å². The molecule has 1 aromatic carbocycles. The Kier molecular flexibility index (Phi) is 6.25. The summed E-state index contributed by atoms with van der Waals surface area (Å²) in [5.74, 6) is 0.855. The molecule has 0 aliphatic carbocycles. The molecule has 1 fully saturated rings. The molecule has 2 N–H and O–H groups in total. The molecule has 2 rings (SSSR count). The Hall–Kier alpha value is -2.28. The van der Waals surface area contributed by atoms with Gasteiger partial charge in [-0.2, -0.15) is 0 Å². The smallest absolute Gasteiger partial charge is 0.239 e. The van der Waals surface area contributed by atoms with Crippen LogP contribution >= 0.6 is 0 Å². The second-order valence-corrected chi connectivity index (χ2v) is 6.44. The normalized spacial score (nSPS) is 18.6. The second kappa shape index (κ2) is 8.20. The van der Waals surface area contributed by atoms with Crippen molar-refractivity contribution in [1.82, 2.24) is 9.80 Å². The lowest BCUT2D eigenvalue weighted by molar-refractivity contribution is -0.135. The first-order valence-electron chi connectivity index (χ1n) is 8.36. The first-order valence-corrected chi connectivity index (χ1v) is 8.36. The number of carbonyl (C=O) groups excluding carboxylic acids is 2. The molecule has 1 saturated heterocycles. The number of carbonyl (C=O) groups is 2. The summed E-state index contributed by atoms with van der Waals surface area (Å²) in [5, 5.41) is 0. The standard InChI is InChI=1S/C18H27N3O4/c1-12(21-8-7-14(11-21)17(19)22)18(23)20(2)10-13-5-6-15(24-3)16(9-13)25-4/h5-6,9,12,14H,7-8,10-11H2,1-4H3,(H2,19,22)/t12-,14-/m0/s1. The Morgan fingerprint density at radius 1 is 1.32 bits per heavy atom. The molecule has 25 heavy (non-hydrogen) atoms. The van der Waals surface area contributed by atoms with Gasteiger partial charge in [-0.3, -0.25) is 14.5 Å². The molecule has 0 spiro atoms. The minimum Gasteiger partial charge on any atom is -0.493 e. The first-order chi connectivity index (χ1) is 11.9. The maximum Gasteiger partial charge on any atom is 0.239 e. The Balaban J connectivity index is 1.99. The Morgan fingerprint density at radius 3 is 2.56 bits per heavy atom. The van der Waals surface area contributed by atoms with Crippen LogP contribution in [0.3, 0.4) is 0 Å². The average Bonchev–Trinajstić information content (AvgIpc) is 3.10. The topological polar surface area (TPSA) is 85.1 Å². The zero-order valence-electron chi connectivity index (χ0n) is 15.3. The number of hydrogen-bond acceptors (Lipinski definition) is 5.